The molecule has 0 bridgehead atoms. The van der Waals surface area contributed by atoms with Crippen molar-refractivity contribution in [1.29, 1.82) is 0 Å². The maximum atomic E-state index is 5.88. The number of piperidine rings is 1. The number of fused-ring (bicyclic) bond motifs is 1. The highest BCUT2D eigenvalue weighted by Gasteiger charge is 2.13. The molecular formula is C27H28N6. The molecule has 1 aliphatic rings. The second-order valence-electron chi connectivity index (χ2n) is 8.66. The van der Waals surface area contributed by atoms with E-state index in [0.29, 0.717) is 11.5 Å². The summed E-state index contributed by atoms with van der Waals surface area (Å²) in [7, 11) is 0. The minimum absolute atomic E-state index is 0.615. The van der Waals surface area contributed by atoms with E-state index in [9.17, 15) is 0 Å². The highest BCUT2D eigenvalue weighted by molar-refractivity contribution is 5.85. The molecule has 0 amide bonds. The molecule has 0 unspecified atom stereocenters. The summed E-state index contributed by atoms with van der Waals surface area (Å²) in [6, 6.07) is 16.5. The molecule has 0 atom stereocenters. The third kappa shape index (κ3) is 5.02. The van der Waals surface area contributed by atoms with Crippen LogP contribution in [-0.4, -0.2) is 28.0 Å². The van der Waals surface area contributed by atoms with Crippen molar-refractivity contribution in [2.24, 2.45) is 5.92 Å². The van der Waals surface area contributed by atoms with Gasteiger partial charge in [0.15, 0.2) is 0 Å². The van der Waals surface area contributed by atoms with E-state index in [1.165, 1.54) is 18.4 Å². The van der Waals surface area contributed by atoms with Gasteiger partial charge in [0.05, 0.1) is 16.9 Å². The molecule has 3 aromatic heterocycles. The van der Waals surface area contributed by atoms with Crippen molar-refractivity contribution in [2.75, 3.05) is 24.1 Å². The topological polar surface area (TPSA) is 88.8 Å². The first-order valence-electron chi connectivity index (χ1n) is 11.4. The number of nitrogen functional groups attached to an aromatic ring is 1. The van der Waals surface area contributed by atoms with Crippen LogP contribution in [0.1, 0.15) is 24.0 Å². The van der Waals surface area contributed by atoms with Crippen molar-refractivity contribution in [3.8, 4) is 11.3 Å². The van der Waals surface area contributed by atoms with Crippen LogP contribution in [-0.2, 0) is 6.42 Å². The SMILES string of the molecule is C=C(Nc1cc2nc(-c3cncc(N)c3)ccc2cn1)c1ccc(CC2CCNCC2)cc1. The highest BCUT2D eigenvalue weighted by Crippen LogP contribution is 2.25. The number of nitrogens with one attached hydrogen (secondary N) is 2. The maximum absolute atomic E-state index is 5.88. The predicted octanol–water partition coefficient (Wildman–Crippen LogP) is 4.90. The van der Waals surface area contributed by atoms with Crippen LogP contribution in [0.15, 0.2) is 73.7 Å². The fourth-order valence-corrected chi connectivity index (χ4v) is 4.33. The molecule has 6 heteroatoms. The molecule has 1 fully saturated rings. The molecule has 6 nitrogen and oxygen atoms in total. The molecule has 4 aromatic rings. The number of nitrogens with two attached hydrogens (primary N) is 1. The number of hydrogen-bond donors (Lipinski definition) is 3. The van der Waals surface area contributed by atoms with Gasteiger partial charge in [-0.3, -0.25) is 4.98 Å². The number of benzene rings is 1. The van der Waals surface area contributed by atoms with Gasteiger partial charge in [-0.15, -0.1) is 0 Å². The van der Waals surface area contributed by atoms with Crippen LogP contribution in [0.25, 0.3) is 27.9 Å². The number of pyridine rings is 3. The van der Waals surface area contributed by atoms with E-state index >= 15 is 0 Å². The lowest BCUT2D eigenvalue weighted by Crippen LogP contribution is -2.28. The number of hydrogen-bond acceptors (Lipinski definition) is 6. The monoisotopic (exact) mass is 436 g/mol. The molecule has 0 spiro atoms. The maximum Gasteiger partial charge on any atom is 0.132 e. The zero-order chi connectivity index (χ0) is 22.6. The van der Waals surface area contributed by atoms with Crippen LogP contribution in [0.3, 0.4) is 0 Å². The first kappa shape index (κ1) is 21.1. The van der Waals surface area contributed by atoms with Gasteiger partial charge >= 0.3 is 0 Å². The van der Waals surface area contributed by atoms with Gasteiger partial charge in [-0.2, -0.15) is 0 Å². The summed E-state index contributed by atoms with van der Waals surface area (Å²) in [5.41, 5.74) is 12.3. The Bertz CT molecular complexity index is 1280. The van der Waals surface area contributed by atoms with E-state index in [1.54, 1.807) is 12.4 Å². The minimum Gasteiger partial charge on any atom is -0.397 e. The largest absolute Gasteiger partial charge is 0.397 e. The third-order valence-electron chi connectivity index (χ3n) is 6.19. The first-order valence-corrected chi connectivity index (χ1v) is 11.4. The number of anilines is 2. The van der Waals surface area contributed by atoms with Crippen LogP contribution < -0.4 is 16.4 Å². The predicted molar refractivity (Wildman–Crippen MR) is 136 cm³/mol. The Balaban J connectivity index is 1.30. The van der Waals surface area contributed by atoms with Gasteiger partial charge < -0.3 is 16.4 Å². The van der Waals surface area contributed by atoms with E-state index in [4.69, 9.17) is 10.7 Å². The Morgan fingerprint density at radius 3 is 2.64 bits per heavy atom. The molecule has 4 N–H and O–H groups in total. The van der Waals surface area contributed by atoms with Crippen molar-refractivity contribution in [3.63, 3.8) is 0 Å². The van der Waals surface area contributed by atoms with Crippen LogP contribution in [0, 0.1) is 5.92 Å². The standard InChI is InChI=1S/C27H28N6/c1-18(21-4-2-19(3-5-21)12-20-8-10-29-11-9-20)32-27-14-26-22(16-31-27)6-7-25(33-26)23-13-24(28)17-30-15-23/h2-7,13-17,20,29H,1,8-12,28H2,(H,31,32). The van der Waals surface area contributed by atoms with E-state index in [0.717, 1.165) is 58.8 Å². The second kappa shape index (κ2) is 9.38. The molecule has 5 rings (SSSR count). The number of aromatic nitrogens is 3. The summed E-state index contributed by atoms with van der Waals surface area (Å²) in [6.07, 6.45) is 8.87. The van der Waals surface area contributed by atoms with Crippen molar-refractivity contribution in [1.82, 2.24) is 20.3 Å². The van der Waals surface area contributed by atoms with E-state index < -0.39 is 0 Å². The fraction of sp³-hybridized carbons (Fsp3) is 0.222. The van der Waals surface area contributed by atoms with Gasteiger partial charge in [-0.25, -0.2) is 9.97 Å². The van der Waals surface area contributed by atoms with Gasteiger partial charge in [0.25, 0.3) is 0 Å². The molecule has 166 valence electrons. The van der Waals surface area contributed by atoms with E-state index in [1.807, 2.05) is 30.5 Å². The van der Waals surface area contributed by atoms with Crippen LogP contribution in [0.2, 0.25) is 0 Å². The summed E-state index contributed by atoms with van der Waals surface area (Å²) in [4.78, 5) is 13.5. The summed E-state index contributed by atoms with van der Waals surface area (Å²) in [5.74, 6) is 1.49. The second-order valence-corrected chi connectivity index (χ2v) is 8.66. The number of rotatable bonds is 6. The zero-order valence-electron chi connectivity index (χ0n) is 18.6. The van der Waals surface area contributed by atoms with E-state index in [2.05, 4.69) is 51.4 Å². The summed E-state index contributed by atoms with van der Waals surface area (Å²) in [6.45, 7) is 6.49. The average molecular weight is 437 g/mol. The molecule has 1 aromatic carbocycles. The molecular weight excluding hydrogens is 408 g/mol. The zero-order valence-corrected chi connectivity index (χ0v) is 18.6. The van der Waals surface area contributed by atoms with Crippen molar-refractivity contribution >= 4 is 28.1 Å². The molecule has 4 heterocycles. The lowest BCUT2D eigenvalue weighted by atomic mass is 9.90. The van der Waals surface area contributed by atoms with Crippen molar-refractivity contribution < 1.29 is 0 Å². The Hall–Kier alpha value is -3.77. The Labute approximate surface area is 194 Å². The molecule has 0 radical (unpaired) electrons. The highest BCUT2D eigenvalue weighted by atomic mass is 15.0. The fourth-order valence-electron chi connectivity index (χ4n) is 4.33. The third-order valence-corrected chi connectivity index (χ3v) is 6.19. The van der Waals surface area contributed by atoms with Gasteiger partial charge in [-0.1, -0.05) is 30.8 Å². The first-order chi connectivity index (χ1) is 16.1. The number of nitrogens with zero attached hydrogens (tertiary/aromatic N) is 3. The van der Waals surface area contributed by atoms with Gasteiger partial charge in [0, 0.05) is 41.3 Å². The Morgan fingerprint density at radius 2 is 1.85 bits per heavy atom. The normalized spacial score (nSPS) is 14.3. The summed E-state index contributed by atoms with van der Waals surface area (Å²) in [5, 5.41) is 7.73. The smallest absolute Gasteiger partial charge is 0.132 e. The lowest BCUT2D eigenvalue weighted by molar-refractivity contribution is 0.372. The van der Waals surface area contributed by atoms with Crippen molar-refractivity contribution in [2.45, 2.75) is 19.3 Å². The molecule has 0 saturated carbocycles. The lowest BCUT2D eigenvalue weighted by Gasteiger charge is -2.22. The molecule has 0 aliphatic carbocycles. The summed E-state index contributed by atoms with van der Waals surface area (Å²) < 4.78 is 0. The average Bonchev–Trinajstić information content (AvgIpc) is 2.85. The molecule has 33 heavy (non-hydrogen) atoms. The van der Waals surface area contributed by atoms with Crippen LogP contribution in [0.4, 0.5) is 11.5 Å². The van der Waals surface area contributed by atoms with E-state index in [-0.39, 0.29) is 0 Å². The molecule has 1 saturated heterocycles. The Kier molecular flexibility index (Phi) is 6.00. The van der Waals surface area contributed by atoms with Crippen LogP contribution in [0.5, 0.6) is 0 Å². The Morgan fingerprint density at radius 1 is 1.03 bits per heavy atom. The van der Waals surface area contributed by atoms with Crippen LogP contribution >= 0.6 is 0 Å². The van der Waals surface area contributed by atoms with Gasteiger partial charge in [-0.05, 0) is 67.6 Å². The van der Waals surface area contributed by atoms with Gasteiger partial charge in [0.2, 0.25) is 0 Å². The molecule has 1 aliphatic heterocycles. The summed E-state index contributed by atoms with van der Waals surface area (Å²) >= 11 is 0. The quantitative estimate of drug-likeness (QED) is 0.398. The van der Waals surface area contributed by atoms with Gasteiger partial charge in [0.1, 0.15) is 5.82 Å². The van der Waals surface area contributed by atoms with Crippen molar-refractivity contribution in [3.05, 3.63) is 84.8 Å². The minimum atomic E-state index is 0.615.